The number of fused-ring (bicyclic) bond motifs is 1. The number of aromatic nitrogens is 2. The molecule has 112 valence electrons. The van der Waals surface area contributed by atoms with E-state index in [0.717, 1.165) is 41.6 Å². The van der Waals surface area contributed by atoms with Gasteiger partial charge in [0.15, 0.2) is 5.16 Å². The number of hydrogen-bond acceptors (Lipinski definition) is 4. The van der Waals surface area contributed by atoms with E-state index >= 15 is 0 Å². The lowest BCUT2D eigenvalue weighted by molar-refractivity contribution is 0.255. The Labute approximate surface area is 135 Å². The number of hydrogen-bond donors (Lipinski definition) is 2. The number of nitrogens with one attached hydrogen (secondary N) is 2. The Morgan fingerprint density at radius 2 is 1.90 bits per heavy atom. The first-order chi connectivity index (χ1) is 8.92. The third-order valence-corrected chi connectivity index (χ3v) is 4.08. The van der Waals surface area contributed by atoms with Crippen molar-refractivity contribution >= 4 is 47.6 Å². The minimum Gasteiger partial charge on any atom is -0.333 e. The van der Waals surface area contributed by atoms with E-state index in [4.69, 9.17) is 0 Å². The average Bonchev–Trinajstić information content (AvgIpc) is 2.82. The summed E-state index contributed by atoms with van der Waals surface area (Å²) in [6.45, 7) is 5.72. The summed E-state index contributed by atoms with van der Waals surface area (Å²) < 4.78 is 0. The van der Waals surface area contributed by atoms with Gasteiger partial charge in [-0.25, -0.2) is 4.98 Å². The van der Waals surface area contributed by atoms with Crippen molar-refractivity contribution in [2.24, 2.45) is 0 Å². The highest BCUT2D eigenvalue weighted by Gasteiger charge is 2.09. The SMILES string of the molecule is Cl.Cl.c1ccc2[nH]c(SCCN3CCNCC3)nc2c1. The van der Waals surface area contributed by atoms with E-state index in [-0.39, 0.29) is 24.8 Å². The van der Waals surface area contributed by atoms with Crippen LogP contribution in [0, 0.1) is 0 Å². The summed E-state index contributed by atoms with van der Waals surface area (Å²) in [4.78, 5) is 10.4. The van der Waals surface area contributed by atoms with Crippen molar-refractivity contribution in [1.82, 2.24) is 20.2 Å². The monoisotopic (exact) mass is 334 g/mol. The molecule has 20 heavy (non-hydrogen) atoms. The summed E-state index contributed by atoms with van der Waals surface area (Å²) in [5.41, 5.74) is 2.18. The molecule has 2 N–H and O–H groups in total. The molecule has 1 aliphatic rings. The molecule has 0 unspecified atom stereocenters. The van der Waals surface area contributed by atoms with E-state index in [9.17, 15) is 0 Å². The fourth-order valence-electron chi connectivity index (χ4n) is 2.20. The van der Waals surface area contributed by atoms with E-state index in [1.807, 2.05) is 30.0 Å². The highest BCUT2D eigenvalue weighted by molar-refractivity contribution is 7.99. The molecule has 1 fully saturated rings. The average molecular weight is 335 g/mol. The van der Waals surface area contributed by atoms with Crippen LogP contribution in [-0.2, 0) is 0 Å². The Hall–Kier alpha value is -0.460. The Morgan fingerprint density at radius 3 is 2.65 bits per heavy atom. The first kappa shape index (κ1) is 17.6. The van der Waals surface area contributed by atoms with Gasteiger partial charge in [0.25, 0.3) is 0 Å². The maximum atomic E-state index is 4.57. The number of piperazine rings is 1. The number of benzene rings is 1. The van der Waals surface area contributed by atoms with E-state index in [2.05, 4.69) is 26.3 Å². The van der Waals surface area contributed by atoms with E-state index in [0.29, 0.717) is 0 Å². The Bertz CT molecular complexity index is 481. The van der Waals surface area contributed by atoms with Crippen molar-refractivity contribution in [3.05, 3.63) is 24.3 Å². The maximum absolute atomic E-state index is 4.57. The van der Waals surface area contributed by atoms with Gasteiger partial charge in [-0.05, 0) is 12.1 Å². The number of para-hydroxylation sites is 2. The Morgan fingerprint density at radius 1 is 1.15 bits per heavy atom. The number of thioether (sulfide) groups is 1. The number of aromatic amines is 1. The minimum atomic E-state index is 0. The van der Waals surface area contributed by atoms with Gasteiger partial charge in [0.1, 0.15) is 0 Å². The molecule has 0 saturated carbocycles. The largest absolute Gasteiger partial charge is 0.333 e. The molecule has 4 nitrogen and oxygen atoms in total. The summed E-state index contributed by atoms with van der Waals surface area (Å²) >= 11 is 1.81. The molecule has 0 atom stereocenters. The zero-order chi connectivity index (χ0) is 12.2. The molecular weight excluding hydrogens is 315 g/mol. The highest BCUT2D eigenvalue weighted by atomic mass is 35.5. The van der Waals surface area contributed by atoms with Crippen LogP contribution in [0.15, 0.2) is 29.4 Å². The van der Waals surface area contributed by atoms with Crippen LogP contribution in [0.2, 0.25) is 0 Å². The standard InChI is InChI=1S/C13H18N4S.2ClH/c1-2-4-12-11(3-1)15-13(16-12)18-10-9-17-7-5-14-6-8-17;;/h1-4,14H,5-10H2,(H,15,16);2*1H. The van der Waals surface area contributed by atoms with Crippen molar-refractivity contribution in [1.29, 1.82) is 0 Å². The van der Waals surface area contributed by atoms with Crippen LogP contribution in [0.25, 0.3) is 11.0 Å². The summed E-state index contributed by atoms with van der Waals surface area (Å²) in [5, 5.41) is 4.41. The Kier molecular flexibility index (Phi) is 7.69. The third-order valence-electron chi connectivity index (χ3n) is 3.22. The van der Waals surface area contributed by atoms with Gasteiger partial charge < -0.3 is 10.3 Å². The van der Waals surface area contributed by atoms with Crippen LogP contribution in [0.4, 0.5) is 0 Å². The molecule has 0 aliphatic carbocycles. The van der Waals surface area contributed by atoms with Crippen molar-refractivity contribution in [3.63, 3.8) is 0 Å². The maximum Gasteiger partial charge on any atom is 0.166 e. The van der Waals surface area contributed by atoms with Crippen LogP contribution in [-0.4, -0.2) is 53.3 Å². The van der Waals surface area contributed by atoms with Crippen LogP contribution in [0.3, 0.4) is 0 Å². The molecule has 0 radical (unpaired) electrons. The van der Waals surface area contributed by atoms with Crippen molar-refractivity contribution in [2.75, 3.05) is 38.5 Å². The second-order valence-corrected chi connectivity index (χ2v) is 5.58. The molecule has 1 aliphatic heterocycles. The number of halogens is 2. The van der Waals surface area contributed by atoms with Gasteiger partial charge in [-0.3, -0.25) is 4.90 Å². The predicted octanol–water partition coefficient (Wildman–Crippen LogP) is 2.40. The van der Waals surface area contributed by atoms with Crippen molar-refractivity contribution in [2.45, 2.75) is 5.16 Å². The lowest BCUT2D eigenvalue weighted by Crippen LogP contribution is -2.44. The fourth-order valence-corrected chi connectivity index (χ4v) is 3.09. The molecule has 3 rings (SSSR count). The van der Waals surface area contributed by atoms with Gasteiger partial charge in [0, 0.05) is 38.5 Å². The lowest BCUT2D eigenvalue weighted by atomic mass is 10.3. The second-order valence-electron chi connectivity index (χ2n) is 4.50. The van der Waals surface area contributed by atoms with Crippen LogP contribution >= 0.6 is 36.6 Å². The zero-order valence-electron chi connectivity index (χ0n) is 11.2. The van der Waals surface area contributed by atoms with Crippen LogP contribution in [0.5, 0.6) is 0 Å². The van der Waals surface area contributed by atoms with Gasteiger partial charge >= 0.3 is 0 Å². The molecule has 2 heterocycles. The topological polar surface area (TPSA) is 44.0 Å². The number of nitrogens with zero attached hydrogens (tertiary/aromatic N) is 2. The summed E-state index contributed by atoms with van der Waals surface area (Å²) in [6, 6.07) is 8.18. The van der Waals surface area contributed by atoms with Gasteiger partial charge in [0.05, 0.1) is 11.0 Å². The molecule has 0 bridgehead atoms. The van der Waals surface area contributed by atoms with Crippen molar-refractivity contribution in [3.8, 4) is 0 Å². The van der Waals surface area contributed by atoms with Gasteiger partial charge in [0.2, 0.25) is 0 Å². The number of imidazole rings is 1. The summed E-state index contributed by atoms with van der Waals surface area (Å²) in [7, 11) is 0. The molecular formula is C13H20Cl2N4S. The number of rotatable bonds is 4. The second kappa shape index (κ2) is 8.74. The van der Waals surface area contributed by atoms with Crippen LogP contribution in [0.1, 0.15) is 0 Å². The molecule has 1 aromatic carbocycles. The van der Waals surface area contributed by atoms with Gasteiger partial charge in [-0.1, -0.05) is 23.9 Å². The summed E-state index contributed by atoms with van der Waals surface area (Å²) in [6.07, 6.45) is 0. The zero-order valence-corrected chi connectivity index (χ0v) is 13.6. The minimum absolute atomic E-state index is 0. The number of H-pyrrole nitrogens is 1. The van der Waals surface area contributed by atoms with Crippen molar-refractivity contribution < 1.29 is 0 Å². The van der Waals surface area contributed by atoms with Gasteiger partial charge in [-0.2, -0.15) is 0 Å². The molecule has 0 amide bonds. The lowest BCUT2D eigenvalue weighted by Gasteiger charge is -2.26. The van der Waals surface area contributed by atoms with E-state index < -0.39 is 0 Å². The molecule has 1 aromatic heterocycles. The smallest absolute Gasteiger partial charge is 0.166 e. The van der Waals surface area contributed by atoms with E-state index in [1.165, 1.54) is 13.1 Å². The molecule has 1 saturated heterocycles. The highest BCUT2D eigenvalue weighted by Crippen LogP contribution is 2.19. The molecule has 7 heteroatoms. The van der Waals surface area contributed by atoms with E-state index in [1.54, 1.807) is 0 Å². The Balaban J connectivity index is 0.000001000. The molecule has 2 aromatic rings. The quantitative estimate of drug-likeness (QED) is 0.842. The summed E-state index contributed by atoms with van der Waals surface area (Å²) in [5.74, 6) is 1.10. The van der Waals surface area contributed by atoms with Gasteiger partial charge in [-0.15, -0.1) is 24.8 Å². The predicted molar refractivity (Wildman–Crippen MR) is 90.6 cm³/mol. The third kappa shape index (κ3) is 4.53. The van der Waals surface area contributed by atoms with Crippen LogP contribution < -0.4 is 5.32 Å². The normalized spacial score (nSPS) is 15.6. The first-order valence-electron chi connectivity index (χ1n) is 6.42. The fraction of sp³-hybridized carbons (Fsp3) is 0.462. The first-order valence-corrected chi connectivity index (χ1v) is 7.41. The molecule has 0 spiro atoms.